The third-order valence-electron chi connectivity index (χ3n) is 5.14. The number of benzene rings is 1. The number of piperidine rings is 1. The number of carbonyl (C=O) groups excluding carboxylic acids is 4. The summed E-state index contributed by atoms with van der Waals surface area (Å²) in [6.07, 6.45) is 3.15. The molecule has 1 unspecified atom stereocenters. The van der Waals surface area contributed by atoms with Gasteiger partial charge in [-0.15, -0.1) is 0 Å². The summed E-state index contributed by atoms with van der Waals surface area (Å²) >= 11 is 0. The molecule has 8 heteroatoms. The van der Waals surface area contributed by atoms with Crippen LogP contribution in [0.3, 0.4) is 0 Å². The average Bonchev–Trinajstić information content (AvgIpc) is 2.84. The molecule has 0 bridgehead atoms. The summed E-state index contributed by atoms with van der Waals surface area (Å²) in [7, 11) is 1.44. The molecule has 144 valence electrons. The first-order valence-electron chi connectivity index (χ1n) is 9.12. The van der Waals surface area contributed by atoms with Crippen molar-refractivity contribution >= 4 is 29.3 Å². The molecule has 1 atom stereocenters. The Morgan fingerprint density at radius 3 is 2.70 bits per heavy atom. The highest BCUT2D eigenvalue weighted by atomic mass is 16.2. The molecule has 27 heavy (non-hydrogen) atoms. The Morgan fingerprint density at radius 1 is 1.22 bits per heavy atom. The number of nitrogens with one attached hydrogen (secondary N) is 1. The maximum absolute atomic E-state index is 12.4. The number of anilines is 1. The summed E-state index contributed by atoms with van der Waals surface area (Å²) in [5, 5.41) is 2.80. The van der Waals surface area contributed by atoms with E-state index >= 15 is 0 Å². The van der Waals surface area contributed by atoms with Crippen LogP contribution in [0.2, 0.25) is 0 Å². The van der Waals surface area contributed by atoms with Crippen LogP contribution in [-0.4, -0.2) is 60.1 Å². The van der Waals surface area contributed by atoms with Crippen molar-refractivity contribution in [2.75, 3.05) is 32.0 Å². The minimum Gasteiger partial charge on any atom is -0.370 e. The first kappa shape index (κ1) is 19.0. The number of carbonyl (C=O) groups is 4. The Balaban J connectivity index is 1.56. The van der Waals surface area contributed by atoms with Gasteiger partial charge in [0.2, 0.25) is 11.8 Å². The molecule has 3 rings (SSSR count). The van der Waals surface area contributed by atoms with E-state index in [0.717, 1.165) is 37.3 Å². The molecule has 0 saturated carbocycles. The van der Waals surface area contributed by atoms with Crippen molar-refractivity contribution in [2.24, 2.45) is 11.7 Å². The molecule has 2 aliphatic heterocycles. The summed E-state index contributed by atoms with van der Waals surface area (Å²) in [5.41, 5.74) is 6.37. The summed E-state index contributed by atoms with van der Waals surface area (Å²) in [6.45, 7) is 1.85. The summed E-state index contributed by atoms with van der Waals surface area (Å²) in [5.74, 6) is -0.781. The molecule has 2 heterocycles. The van der Waals surface area contributed by atoms with Crippen LogP contribution in [0.5, 0.6) is 0 Å². The van der Waals surface area contributed by atoms with Gasteiger partial charge in [0.25, 0.3) is 11.8 Å². The topological polar surface area (TPSA) is 113 Å². The van der Waals surface area contributed by atoms with Crippen LogP contribution in [-0.2, 0) is 9.59 Å². The van der Waals surface area contributed by atoms with Gasteiger partial charge in [0, 0.05) is 25.7 Å². The number of hydrogen-bond acceptors (Lipinski definition) is 5. The lowest BCUT2D eigenvalue weighted by Crippen LogP contribution is -2.40. The normalized spacial score (nSPS) is 19.9. The first-order chi connectivity index (χ1) is 12.8. The van der Waals surface area contributed by atoms with Crippen molar-refractivity contribution < 1.29 is 19.2 Å². The van der Waals surface area contributed by atoms with E-state index in [0.29, 0.717) is 29.2 Å². The molecule has 0 radical (unpaired) electrons. The van der Waals surface area contributed by atoms with E-state index in [-0.39, 0.29) is 30.2 Å². The Bertz CT molecular complexity index is 792. The number of hydrogen-bond donors (Lipinski definition) is 2. The lowest BCUT2D eigenvalue weighted by molar-refractivity contribution is -0.119. The highest BCUT2D eigenvalue weighted by molar-refractivity contribution is 6.21. The molecule has 0 spiro atoms. The van der Waals surface area contributed by atoms with Gasteiger partial charge in [0.05, 0.1) is 17.7 Å². The zero-order valence-electron chi connectivity index (χ0n) is 15.4. The summed E-state index contributed by atoms with van der Waals surface area (Å²) < 4.78 is 0. The second-order valence-electron chi connectivity index (χ2n) is 7.23. The Kier molecular flexibility index (Phi) is 5.55. The molecular weight excluding hydrogens is 348 g/mol. The number of imide groups is 1. The van der Waals surface area contributed by atoms with E-state index < -0.39 is 0 Å². The van der Waals surface area contributed by atoms with Gasteiger partial charge < -0.3 is 11.1 Å². The minimum atomic E-state index is -0.362. The fourth-order valence-electron chi connectivity index (χ4n) is 3.72. The maximum Gasteiger partial charge on any atom is 0.261 e. The Hall–Kier alpha value is -2.74. The fraction of sp³-hybridized carbons (Fsp3) is 0.474. The van der Waals surface area contributed by atoms with Crippen molar-refractivity contribution in [1.29, 1.82) is 0 Å². The van der Waals surface area contributed by atoms with Crippen LogP contribution in [0.1, 0.15) is 46.4 Å². The number of likely N-dealkylation sites (tertiary alicyclic amines) is 1. The lowest BCUT2D eigenvalue weighted by atomic mass is 9.93. The highest BCUT2D eigenvalue weighted by Gasteiger charge is 2.32. The number of nitrogens with two attached hydrogens (primary N) is 1. The van der Waals surface area contributed by atoms with E-state index in [4.69, 9.17) is 5.73 Å². The quantitative estimate of drug-likeness (QED) is 0.718. The number of primary amides is 1. The molecular formula is C19H24N4O4. The van der Waals surface area contributed by atoms with E-state index in [1.54, 1.807) is 18.2 Å². The van der Waals surface area contributed by atoms with Crippen LogP contribution < -0.4 is 11.1 Å². The number of nitrogens with zero attached hydrogens (tertiary/aromatic N) is 2. The molecule has 1 fully saturated rings. The molecule has 4 amide bonds. The maximum atomic E-state index is 12.4. The van der Waals surface area contributed by atoms with Crippen LogP contribution in [0.4, 0.5) is 5.69 Å². The highest BCUT2D eigenvalue weighted by Crippen LogP contribution is 2.25. The van der Waals surface area contributed by atoms with E-state index in [1.165, 1.54) is 7.05 Å². The van der Waals surface area contributed by atoms with Crippen LogP contribution >= 0.6 is 0 Å². The van der Waals surface area contributed by atoms with Gasteiger partial charge >= 0.3 is 0 Å². The van der Waals surface area contributed by atoms with Gasteiger partial charge in [-0.25, -0.2) is 0 Å². The number of rotatable bonds is 6. The van der Waals surface area contributed by atoms with Crippen molar-refractivity contribution in [3.63, 3.8) is 0 Å². The van der Waals surface area contributed by atoms with Gasteiger partial charge in [-0.3, -0.25) is 29.0 Å². The molecule has 3 N–H and O–H groups in total. The zero-order chi connectivity index (χ0) is 19.6. The number of fused-ring (bicyclic) bond motifs is 1. The van der Waals surface area contributed by atoms with Crippen molar-refractivity contribution in [3.05, 3.63) is 29.3 Å². The second-order valence-corrected chi connectivity index (χ2v) is 7.23. The monoisotopic (exact) mass is 372 g/mol. The third-order valence-corrected chi connectivity index (χ3v) is 5.14. The van der Waals surface area contributed by atoms with Gasteiger partial charge in [-0.1, -0.05) is 0 Å². The van der Waals surface area contributed by atoms with Crippen molar-refractivity contribution in [3.8, 4) is 0 Å². The van der Waals surface area contributed by atoms with E-state index in [1.807, 2.05) is 0 Å². The molecule has 1 saturated heterocycles. The standard InChI is InChI=1S/C19H24N4O4/c1-22-18(26)14-6-5-13(9-15(14)19(22)27)21-17(25)11-23-8-2-3-12(10-23)4-7-16(20)24/h5-6,9,12H,2-4,7-8,10-11H2,1H3,(H2,20,24)(H,21,25). The Morgan fingerprint density at radius 2 is 1.96 bits per heavy atom. The molecule has 0 aromatic heterocycles. The average molecular weight is 372 g/mol. The Labute approximate surface area is 157 Å². The molecule has 8 nitrogen and oxygen atoms in total. The fourth-order valence-corrected chi connectivity index (χ4v) is 3.72. The van der Waals surface area contributed by atoms with Crippen LogP contribution in [0, 0.1) is 5.92 Å². The van der Waals surface area contributed by atoms with Crippen LogP contribution in [0.15, 0.2) is 18.2 Å². The van der Waals surface area contributed by atoms with Crippen molar-refractivity contribution in [2.45, 2.75) is 25.7 Å². The van der Waals surface area contributed by atoms with Crippen molar-refractivity contribution in [1.82, 2.24) is 9.80 Å². The SMILES string of the molecule is CN1C(=O)c2ccc(NC(=O)CN3CCCC(CCC(N)=O)C3)cc2C1=O. The smallest absolute Gasteiger partial charge is 0.261 e. The lowest BCUT2D eigenvalue weighted by Gasteiger charge is -2.32. The van der Waals surface area contributed by atoms with E-state index in [2.05, 4.69) is 10.2 Å². The van der Waals surface area contributed by atoms with Crippen LogP contribution in [0.25, 0.3) is 0 Å². The van der Waals surface area contributed by atoms with Gasteiger partial charge in [-0.05, 0) is 49.9 Å². The molecule has 0 aliphatic carbocycles. The minimum absolute atomic E-state index is 0.171. The zero-order valence-corrected chi connectivity index (χ0v) is 15.4. The summed E-state index contributed by atoms with van der Waals surface area (Å²) in [4.78, 5) is 50.4. The van der Waals surface area contributed by atoms with Gasteiger partial charge in [0.15, 0.2) is 0 Å². The number of amides is 4. The third kappa shape index (κ3) is 4.33. The first-order valence-corrected chi connectivity index (χ1v) is 9.12. The summed E-state index contributed by atoms with van der Waals surface area (Å²) in [6, 6.07) is 4.74. The second kappa shape index (κ2) is 7.87. The predicted octanol–water partition coefficient (Wildman–Crippen LogP) is 0.828. The van der Waals surface area contributed by atoms with Gasteiger partial charge in [-0.2, -0.15) is 0 Å². The molecule has 1 aromatic rings. The molecule has 2 aliphatic rings. The largest absolute Gasteiger partial charge is 0.370 e. The van der Waals surface area contributed by atoms with E-state index in [9.17, 15) is 19.2 Å². The molecule has 1 aromatic carbocycles. The predicted molar refractivity (Wildman–Crippen MR) is 99.1 cm³/mol. The van der Waals surface area contributed by atoms with Gasteiger partial charge in [0.1, 0.15) is 0 Å².